The molecule has 0 fully saturated rings. The predicted molar refractivity (Wildman–Crippen MR) is 63.7 cm³/mol. The largest absolute Gasteiger partial charge is 0.273 e. The molecule has 0 aromatic heterocycles. The van der Waals surface area contributed by atoms with Crippen LogP contribution in [0.2, 0.25) is 0 Å². The quantitative estimate of drug-likeness (QED) is 0.824. The number of carbonyl (C=O) groups excluding carboxylic acids is 1. The minimum Gasteiger partial charge on any atom is -0.273 e. The summed E-state index contributed by atoms with van der Waals surface area (Å²) >= 11 is 0. The van der Waals surface area contributed by atoms with Gasteiger partial charge in [-0.25, -0.2) is 14.3 Å². The van der Waals surface area contributed by atoms with Gasteiger partial charge >= 0.3 is 0 Å². The van der Waals surface area contributed by atoms with Gasteiger partial charge in [0.25, 0.3) is 5.91 Å². The smallest absolute Gasteiger partial charge is 0.250 e. The Morgan fingerprint density at radius 3 is 2.28 bits per heavy atom. The highest BCUT2D eigenvalue weighted by atomic mass is 19.1. The van der Waals surface area contributed by atoms with Crippen molar-refractivity contribution >= 4 is 5.91 Å². The van der Waals surface area contributed by atoms with Crippen LogP contribution in [0.15, 0.2) is 18.2 Å². The van der Waals surface area contributed by atoms with E-state index in [9.17, 15) is 13.6 Å². The van der Waals surface area contributed by atoms with Crippen molar-refractivity contribution in [1.82, 2.24) is 5.48 Å². The topological polar surface area (TPSA) is 38.3 Å². The van der Waals surface area contributed by atoms with Gasteiger partial charge in [-0.15, -0.1) is 0 Å². The van der Waals surface area contributed by atoms with Crippen LogP contribution in [0.1, 0.15) is 32.3 Å². The van der Waals surface area contributed by atoms with E-state index in [-0.39, 0.29) is 11.5 Å². The van der Waals surface area contributed by atoms with Crippen molar-refractivity contribution in [1.29, 1.82) is 0 Å². The molecule has 0 saturated heterocycles. The van der Waals surface area contributed by atoms with Gasteiger partial charge in [-0.1, -0.05) is 13.8 Å². The third-order valence-electron chi connectivity index (χ3n) is 2.37. The molecule has 1 atom stereocenters. The lowest BCUT2D eigenvalue weighted by Gasteiger charge is -2.13. The van der Waals surface area contributed by atoms with Crippen molar-refractivity contribution in [3.63, 3.8) is 0 Å². The highest BCUT2D eigenvalue weighted by molar-refractivity contribution is 5.82. The summed E-state index contributed by atoms with van der Waals surface area (Å²) in [6, 6.07) is 3.04. The summed E-state index contributed by atoms with van der Waals surface area (Å²) in [5, 5.41) is 0. The minimum absolute atomic E-state index is 0.276. The molecule has 100 valence electrons. The fourth-order valence-electron chi connectivity index (χ4n) is 1.34. The van der Waals surface area contributed by atoms with Crippen LogP contribution < -0.4 is 5.48 Å². The van der Waals surface area contributed by atoms with E-state index < -0.39 is 23.5 Å². The maximum Gasteiger partial charge on any atom is 0.250 e. The number of hydroxylamine groups is 1. The first-order valence-electron chi connectivity index (χ1n) is 5.77. The number of amides is 1. The van der Waals surface area contributed by atoms with E-state index in [0.717, 1.165) is 18.2 Å². The molecule has 3 nitrogen and oxygen atoms in total. The van der Waals surface area contributed by atoms with Crippen LogP contribution in [0.5, 0.6) is 0 Å². The van der Waals surface area contributed by atoms with Crippen LogP contribution in [0.25, 0.3) is 0 Å². The van der Waals surface area contributed by atoms with Gasteiger partial charge in [0.1, 0.15) is 11.6 Å². The number of halogens is 2. The van der Waals surface area contributed by atoms with Gasteiger partial charge in [0.15, 0.2) is 0 Å². The Hall–Kier alpha value is -1.49. The Balaban J connectivity index is 2.62. The van der Waals surface area contributed by atoms with Crippen LogP contribution >= 0.6 is 0 Å². The van der Waals surface area contributed by atoms with Crippen molar-refractivity contribution in [3.8, 4) is 0 Å². The van der Waals surface area contributed by atoms with Gasteiger partial charge in [0.05, 0.1) is 12.5 Å². The molecule has 0 heterocycles. The molecule has 0 radical (unpaired) electrons. The van der Waals surface area contributed by atoms with Crippen LogP contribution in [0.3, 0.4) is 0 Å². The second-order valence-electron chi connectivity index (χ2n) is 4.60. The summed E-state index contributed by atoms with van der Waals surface area (Å²) in [6.07, 6.45) is 0. The van der Waals surface area contributed by atoms with Gasteiger partial charge in [-0.2, -0.15) is 0 Å². The van der Waals surface area contributed by atoms with Gasteiger partial charge < -0.3 is 0 Å². The van der Waals surface area contributed by atoms with E-state index in [0.29, 0.717) is 6.61 Å². The van der Waals surface area contributed by atoms with Crippen LogP contribution in [0, 0.1) is 17.6 Å². The SMILES string of the molecule is CC(C)CONC(=O)C(C)c1cc(F)cc(F)c1. The molecular weight excluding hydrogens is 240 g/mol. The van der Waals surface area contributed by atoms with E-state index in [1.54, 1.807) is 6.92 Å². The molecular formula is C13H17F2NO2. The van der Waals surface area contributed by atoms with E-state index in [4.69, 9.17) is 4.84 Å². The second-order valence-corrected chi connectivity index (χ2v) is 4.60. The van der Waals surface area contributed by atoms with Gasteiger partial charge in [0.2, 0.25) is 0 Å². The zero-order valence-electron chi connectivity index (χ0n) is 10.7. The summed E-state index contributed by atoms with van der Waals surface area (Å²) in [5.74, 6) is -2.23. The van der Waals surface area contributed by atoms with E-state index in [1.165, 1.54) is 0 Å². The highest BCUT2D eigenvalue weighted by Crippen LogP contribution is 2.18. The summed E-state index contributed by atoms with van der Waals surface area (Å²) in [7, 11) is 0. The molecule has 1 aromatic rings. The van der Waals surface area contributed by atoms with E-state index >= 15 is 0 Å². The van der Waals surface area contributed by atoms with Crippen molar-refractivity contribution in [2.45, 2.75) is 26.7 Å². The number of hydrogen-bond acceptors (Lipinski definition) is 2. The first kappa shape index (κ1) is 14.6. The zero-order valence-corrected chi connectivity index (χ0v) is 10.7. The van der Waals surface area contributed by atoms with Gasteiger partial charge in [-0.05, 0) is 30.5 Å². The molecule has 1 aromatic carbocycles. The molecule has 1 unspecified atom stereocenters. The molecule has 0 aliphatic carbocycles. The standard InChI is InChI=1S/C13H17F2NO2/c1-8(2)7-18-16-13(17)9(3)10-4-11(14)6-12(15)5-10/h4-6,8-9H,7H2,1-3H3,(H,16,17). The molecule has 0 aliphatic rings. The number of hydrogen-bond donors (Lipinski definition) is 1. The average Bonchev–Trinajstić information content (AvgIpc) is 2.26. The zero-order chi connectivity index (χ0) is 13.7. The maximum absolute atomic E-state index is 13.0. The van der Waals surface area contributed by atoms with E-state index in [2.05, 4.69) is 5.48 Å². The molecule has 1 rings (SSSR count). The Kier molecular flexibility index (Phi) is 5.22. The van der Waals surface area contributed by atoms with Crippen LogP contribution in [0.4, 0.5) is 8.78 Å². The summed E-state index contributed by atoms with van der Waals surface area (Å²) in [6.45, 7) is 5.83. The third kappa shape index (κ3) is 4.41. The first-order valence-corrected chi connectivity index (χ1v) is 5.77. The van der Waals surface area contributed by atoms with Crippen molar-refractivity contribution in [2.75, 3.05) is 6.61 Å². The number of rotatable bonds is 5. The average molecular weight is 257 g/mol. The van der Waals surface area contributed by atoms with E-state index in [1.807, 2.05) is 13.8 Å². The Morgan fingerprint density at radius 1 is 1.22 bits per heavy atom. The summed E-state index contributed by atoms with van der Waals surface area (Å²) < 4.78 is 26.0. The number of nitrogens with one attached hydrogen (secondary N) is 1. The van der Waals surface area contributed by atoms with Crippen molar-refractivity contribution in [3.05, 3.63) is 35.4 Å². The van der Waals surface area contributed by atoms with Gasteiger partial charge in [0, 0.05) is 6.07 Å². The maximum atomic E-state index is 13.0. The van der Waals surface area contributed by atoms with Gasteiger partial charge in [-0.3, -0.25) is 9.63 Å². The molecule has 0 saturated carbocycles. The fraction of sp³-hybridized carbons (Fsp3) is 0.462. The number of carbonyl (C=O) groups is 1. The number of benzene rings is 1. The summed E-state index contributed by atoms with van der Waals surface area (Å²) in [5.41, 5.74) is 2.54. The monoisotopic (exact) mass is 257 g/mol. The Labute approximate surface area is 105 Å². The lowest BCUT2D eigenvalue weighted by atomic mass is 10.0. The molecule has 1 amide bonds. The molecule has 18 heavy (non-hydrogen) atoms. The molecule has 5 heteroatoms. The minimum atomic E-state index is -0.701. The molecule has 0 aliphatic heterocycles. The highest BCUT2D eigenvalue weighted by Gasteiger charge is 2.17. The predicted octanol–water partition coefficient (Wildman–Crippen LogP) is 2.77. The summed E-state index contributed by atoms with van der Waals surface area (Å²) in [4.78, 5) is 16.6. The van der Waals surface area contributed by atoms with Crippen LogP contribution in [-0.4, -0.2) is 12.5 Å². The fourth-order valence-corrected chi connectivity index (χ4v) is 1.34. The lowest BCUT2D eigenvalue weighted by Crippen LogP contribution is -2.29. The normalized spacial score (nSPS) is 12.6. The molecule has 0 spiro atoms. The Bertz CT molecular complexity index is 401. The van der Waals surface area contributed by atoms with Crippen LogP contribution in [-0.2, 0) is 9.63 Å². The first-order chi connectivity index (χ1) is 8.40. The molecule has 0 bridgehead atoms. The molecule has 1 N–H and O–H groups in total. The van der Waals surface area contributed by atoms with Crippen molar-refractivity contribution in [2.24, 2.45) is 5.92 Å². The van der Waals surface area contributed by atoms with Crippen molar-refractivity contribution < 1.29 is 18.4 Å². The Morgan fingerprint density at radius 2 is 1.78 bits per heavy atom. The third-order valence-corrected chi connectivity index (χ3v) is 2.37. The second kappa shape index (κ2) is 6.44. The lowest BCUT2D eigenvalue weighted by molar-refractivity contribution is -0.135.